The van der Waals surface area contributed by atoms with Crippen molar-refractivity contribution in [3.8, 4) is 11.8 Å². The molecular weight excluding hydrogens is 243 g/mol. The number of rotatable bonds is 2. The molecule has 0 radical (unpaired) electrons. The van der Waals surface area contributed by atoms with E-state index in [-0.39, 0.29) is 23.6 Å². The van der Waals surface area contributed by atoms with Gasteiger partial charge in [0.25, 0.3) is 5.91 Å². The van der Waals surface area contributed by atoms with Crippen LogP contribution in [0.25, 0.3) is 0 Å². The van der Waals surface area contributed by atoms with Gasteiger partial charge < -0.3 is 11.1 Å². The maximum Gasteiger partial charge on any atom is 0.251 e. The summed E-state index contributed by atoms with van der Waals surface area (Å²) in [6, 6.07) is 4.31. The van der Waals surface area contributed by atoms with Crippen LogP contribution in [0.1, 0.15) is 42.1 Å². The first-order valence-electron chi connectivity index (χ1n) is 6.35. The molecule has 100 valence electrons. The van der Waals surface area contributed by atoms with Crippen molar-refractivity contribution < 1.29 is 9.18 Å². The third-order valence-corrected chi connectivity index (χ3v) is 3.43. The number of nitrogens with one attached hydrogen (secondary N) is 1. The van der Waals surface area contributed by atoms with Gasteiger partial charge in [0.05, 0.1) is 12.1 Å². The number of hydrogen-bond donors (Lipinski definition) is 2. The zero-order valence-electron chi connectivity index (χ0n) is 10.9. The molecular formula is C15H17FN2O. The number of halogens is 1. The van der Waals surface area contributed by atoms with Crippen LogP contribution in [-0.2, 0) is 0 Å². The summed E-state index contributed by atoms with van der Waals surface area (Å²) in [6.45, 7) is 2.19. The van der Waals surface area contributed by atoms with Crippen molar-refractivity contribution in [2.75, 3.05) is 6.54 Å². The molecule has 4 heteroatoms. The van der Waals surface area contributed by atoms with Gasteiger partial charge in [0.15, 0.2) is 0 Å². The van der Waals surface area contributed by atoms with E-state index in [9.17, 15) is 9.18 Å². The Kier molecular flexibility index (Phi) is 3.87. The lowest BCUT2D eigenvalue weighted by molar-refractivity contribution is 0.0850. The quantitative estimate of drug-likeness (QED) is 0.797. The fourth-order valence-corrected chi connectivity index (χ4v) is 2.08. The second-order valence-corrected chi connectivity index (χ2v) is 5.07. The molecule has 3 N–H and O–H groups in total. The van der Waals surface area contributed by atoms with Gasteiger partial charge in [0.1, 0.15) is 5.82 Å². The molecule has 1 aliphatic rings. The highest BCUT2D eigenvalue weighted by Gasteiger charge is 2.33. The number of amides is 1. The molecule has 0 spiro atoms. The summed E-state index contributed by atoms with van der Waals surface area (Å²) >= 11 is 0. The van der Waals surface area contributed by atoms with Crippen LogP contribution in [0.5, 0.6) is 0 Å². The second kappa shape index (κ2) is 5.41. The Morgan fingerprint density at radius 1 is 1.53 bits per heavy atom. The first kappa shape index (κ1) is 13.6. The SMILES string of the molecule is CC1(NC(=O)c2ccc(C#CCN)c(F)c2)CCC1. The van der Waals surface area contributed by atoms with E-state index in [1.807, 2.05) is 6.92 Å². The molecule has 1 aromatic carbocycles. The fraction of sp³-hybridized carbons (Fsp3) is 0.400. The van der Waals surface area contributed by atoms with E-state index < -0.39 is 5.82 Å². The van der Waals surface area contributed by atoms with Gasteiger partial charge in [-0.2, -0.15) is 0 Å². The molecule has 0 unspecified atom stereocenters. The van der Waals surface area contributed by atoms with Gasteiger partial charge in [-0.3, -0.25) is 4.79 Å². The van der Waals surface area contributed by atoms with Crippen LogP contribution in [0.2, 0.25) is 0 Å². The minimum atomic E-state index is -0.493. The fourth-order valence-electron chi connectivity index (χ4n) is 2.08. The molecule has 3 nitrogen and oxygen atoms in total. The molecule has 0 atom stereocenters. The van der Waals surface area contributed by atoms with E-state index in [1.54, 1.807) is 6.07 Å². The van der Waals surface area contributed by atoms with E-state index in [1.165, 1.54) is 12.1 Å². The maximum atomic E-state index is 13.7. The van der Waals surface area contributed by atoms with Crippen LogP contribution >= 0.6 is 0 Å². The van der Waals surface area contributed by atoms with Gasteiger partial charge in [-0.25, -0.2) is 4.39 Å². The third-order valence-electron chi connectivity index (χ3n) is 3.43. The standard InChI is InChI=1S/C15H17FN2O/c1-15(7-3-8-15)18-14(19)12-6-5-11(4-2-9-17)13(16)10-12/h5-6,10H,3,7-9,17H2,1H3,(H,18,19). The Balaban J connectivity index is 2.12. The zero-order chi connectivity index (χ0) is 13.9. The molecule has 0 aliphatic heterocycles. The van der Waals surface area contributed by atoms with Gasteiger partial charge in [0.2, 0.25) is 0 Å². The molecule has 1 aromatic rings. The third kappa shape index (κ3) is 3.12. The maximum absolute atomic E-state index is 13.7. The molecule has 2 rings (SSSR count). The van der Waals surface area contributed by atoms with Gasteiger partial charge in [0, 0.05) is 11.1 Å². The van der Waals surface area contributed by atoms with Crippen molar-refractivity contribution in [2.45, 2.75) is 31.7 Å². The highest BCUT2D eigenvalue weighted by molar-refractivity contribution is 5.94. The van der Waals surface area contributed by atoms with Crippen molar-refractivity contribution in [1.29, 1.82) is 0 Å². The van der Waals surface area contributed by atoms with Crippen LogP contribution in [0.4, 0.5) is 4.39 Å². The van der Waals surface area contributed by atoms with Crippen molar-refractivity contribution in [1.82, 2.24) is 5.32 Å². The highest BCUT2D eigenvalue weighted by Crippen LogP contribution is 2.31. The molecule has 0 bridgehead atoms. The van der Waals surface area contributed by atoms with E-state index >= 15 is 0 Å². The molecule has 1 fully saturated rings. The molecule has 0 saturated heterocycles. The second-order valence-electron chi connectivity index (χ2n) is 5.07. The first-order chi connectivity index (χ1) is 9.04. The Morgan fingerprint density at radius 3 is 2.79 bits per heavy atom. The van der Waals surface area contributed by atoms with E-state index in [2.05, 4.69) is 17.2 Å². The molecule has 0 heterocycles. The van der Waals surface area contributed by atoms with Crippen LogP contribution < -0.4 is 11.1 Å². The number of carbonyl (C=O) groups is 1. The highest BCUT2D eigenvalue weighted by atomic mass is 19.1. The first-order valence-corrected chi connectivity index (χ1v) is 6.35. The minimum Gasteiger partial charge on any atom is -0.347 e. The number of carbonyl (C=O) groups excluding carboxylic acids is 1. The van der Waals surface area contributed by atoms with Crippen LogP contribution in [0.15, 0.2) is 18.2 Å². The number of nitrogens with two attached hydrogens (primary N) is 1. The van der Waals surface area contributed by atoms with Crippen molar-refractivity contribution in [2.24, 2.45) is 5.73 Å². The minimum absolute atomic E-state index is 0.133. The van der Waals surface area contributed by atoms with Gasteiger partial charge in [-0.15, -0.1) is 0 Å². The van der Waals surface area contributed by atoms with Crippen molar-refractivity contribution in [3.05, 3.63) is 35.1 Å². The van der Waals surface area contributed by atoms with Gasteiger partial charge in [-0.05, 0) is 44.4 Å². The smallest absolute Gasteiger partial charge is 0.251 e. The van der Waals surface area contributed by atoms with Crippen molar-refractivity contribution >= 4 is 5.91 Å². The molecule has 1 saturated carbocycles. The molecule has 1 aliphatic carbocycles. The normalized spacial score (nSPS) is 15.9. The number of hydrogen-bond acceptors (Lipinski definition) is 2. The molecule has 1 amide bonds. The van der Waals surface area contributed by atoms with Crippen LogP contribution in [-0.4, -0.2) is 18.0 Å². The average molecular weight is 260 g/mol. The summed E-state index contributed by atoms with van der Waals surface area (Å²) in [7, 11) is 0. The van der Waals surface area contributed by atoms with Crippen molar-refractivity contribution in [3.63, 3.8) is 0 Å². The largest absolute Gasteiger partial charge is 0.347 e. The predicted molar refractivity (Wildman–Crippen MR) is 72.1 cm³/mol. The van der Waals surface area contributed by atoms with Gasteiger partial charge >= 0.3 is 0 Å². The summed E-state index contributed by atoms with van der Waals surface area (Å²) in [4.78, 5) is 12.0. The Hall–Kier alpha value is -1.86. The molecule has 19 heavy (non-hydrogen) atoms. The summed E-state index contributed by atoms with van der Waals surface area (Å²) in [6.07, 6.45) is 3.07. The van der Waals surface area contributed by atoms with E-state index in [0.717, 1.165) is 19.3 Å². The van der Waals surface area contributed by atoms with E-state index in [0.29, 0.717) is 5.56 Å². The topological polar surface area (TPSA) is 55.1 Å². The van der Waals surface area contributed by atoms with Gasteiger partial charge in [-0.1, -0.05) is 11.8 Å². The lowest BCUT2D eigenvalue weighted by Crippen LogP contribution is -2.50. The predicted octanol–water partition coefficient (Wildman–Crippen LogP) is 1.81. The monoisotopic (exact) mass is 260 g/mol. The summed E-state index contributed by atoms with van der Waals surface area (Å²) in [5.41, 5.74) is 5.69. The zero-order valence-corrected chi connectivity index (χ0v) is 10.9. The number of benzene rings is 1. The Morgan fingerprint density at radius 2 is 2.26 bits per heavy atom. The Bertz CT molecular complexity index is 553. The lowest BCUT2D eigenvalue weighted by atomic mass is 9.78. The Labute approximate surface area is 112 Å². The summed E-state index contributed by atoms with van der Waals surface area (Å²) in [5, 5.41) is 2.94. The average Bonchev–Trinajstić information content (AvgIpc) is 2.35. The summed E-state index contributed by atoms with van der Waals surface area (Å²) < 4.78 is 13.7. The van der Waals surface area contributed by atoms with Crippen LogP contribution in [0.3, 0.4) is 0 Å². The lowest BCUT2D eigenvalue weighted by Gasteiger charge is -2.39. The van der Waals surface area contributed by atoms with Crippen LogP contribution in [0, 0.1) is 17.7 Å². The molecule has 0 aromatic heterocycles. The van der Waals surface area contributed by atoms with E-state index in [4.69, 9.17) is 5.73 Å². The summed E-state index contributed by atoms with van der Waals surface area (Å²) in [5.74, 6) is 4.49.